The molecule has 0 saturated heterocycles. The molecule has 1 heterocycles. The molecule has 0 spiro atoms. The minimum atomic E-state index is 0.739. The molecule has 0 saturated carbocycles. The van der Waals surface area contributed by atoms with E-state index in [2.05, 4.69) is 0 Å². The van der Waals surface area contributed by atoms with Gasteiger partial charge in [0.1, 0.15) is 11.5 Å². The first-order valence-corrected chi connectivity index (χ1v) is 3.51. The fraction of sp³-hybridized carbons (Fsp3) is 0.222. The van der Waals surface area contributed by atoms with E-state index in [1.165, 1.54) is 6.08 Å². The molecule has 11 heavy (non-hydrogen) atoms. The number of rotatable bonds is 2. The zero-order valence-corrected chi connectivity index (χ0v) is 6.37. The van der Waals surface area contributed by atoms with Crippen molar-refractivity contribution in [1.29, 1.82) is 5.26 Å². The van der Waals surface area contributed by atoms with Crippen LogP contribution in [0.15, 0.2) is 22.6 Å². The van der Waals surface area contributed by atoms with Gasteiger partial charge in [0.15, 0.2) is 0 Å². The number of aryl methyl sites for hydroxylation is 1. The highest BCUT2D eigenvalue weighted by Gasteiger charge is 1.94. The van der Waals surface area contributed by atoms with Crippen LogP contribution in [0.5, 0.6) is 0 Å². The summed E-state index contributed by atoms with van der Waals surface area (Å²) in [6.07, 6.45) is 3.94. The third-order valence-electron chi connectivity index (χ3n) is 1.35. The smallest absolute Gasteiger partial charge is 0.127 e. The number of nitrogens with zero attached hydrogens (tertiary/aromatic N) is 1. The highest BCUT2D eigenvalue weighted by atomic mass is 16.3. The molecule has 2 heteroatoms. The summed E-state index contributed by atoms with van der Waals surface area (Å²) in [4.78, 5) is 0. The average Bonchev–Trinajstić information content (AvgIpc) is 2.48. The van der Waals surface area contributed by atoms with Crippen molar-refractivity contribution in [1.82, 2.24) is 0 Å². The van der Waals surface area contributed by atoms with Gasteiger partial charge in [-0.05, 0) is 18.2 Å². The van der Waals surface area contributed by atoms with Crippen LogP contribution in [0.3, 0.4) is 0 Å². The molecule has 0 atom stereocenters. The molecule has 0 radical (unpaired) electrons. The van der Waals surface area contributed by atoms with E-state index in [-0.39, 0.29) is 0 Å². The van der Waals surface area contributed by atoms with Crippen molar-refractivity contribution in [3.8, 4) is 6.07 Å². The van der Waals surface area contributed by atoms with Crippen LogP contribution in [0, 0.1) is 11.3 Å². The van der Waals surface area contributed by atoms with E-state index in [4.69, 9.17) is 9.68 Å². The SMILES string of the molecule is CCc1ccc(C=CC#N)o1. The van der Waals surface area contributed by atoms with Crippen molar-refractivity contribution >= 4 is 6.08 Å². The van der Waals surface area contributed by atoms with Crippen LogP contribution in [-0.2, 0) is 6.42 Å². The summed E-state index contributed by atoms with van der Waals surface area (Å²) in [6, 6.07) is 5.67. The summed E-state index contributed by atoms with van der Waals surface area (Å²) in [5.41, 5.74) is 0. The number of furan rings is 1. The van der Waals surface area contributed by atoms with Crippen LogP contribution in [-0.4, -0.2) is 0 Å². The molecule has 0 amide bonds. The van der Waals surface area contributed by atoms with Crippen LogP contribution in [0.1, 0.15) is 18.4 Å². The zero-order valence-electron chi connectivity index (χ0n) is 6.37. The maximum atomic E-state index is 8.21. The number of nitriles is 1. The third kappa shape index (κ3) is 1.98. The first kappa shape index (κ1) is 7.62. The lowest BCUT2D eigenvalue weighted by Crippen LogP contribution is -1.68. The number of hydrogen-bond donors (Lipinski definition) is 0. The Kier molecular flexibility index (Phi) is 2.51. The molecule has 1 rings (SSSR count). The average molecular weight is 147 g/mol. The fourth-order valence-electron chi connectivity index (χ4n) is 0.793. The Morgan fingerprint density at radius 2 is 2.45 bits per heavy atom. The van der Waals surface area contributed by atoms with Gasteiger partial charge in [0.25, 0.3) is 0 Å². The molecule has 0 aliphatic heterocycles. The van der Waals surface area contributed by atoms with Gasteiger partial charge in [0.05, 0.1) is 6.07 Å². The molecule has 56 valence electrons. The molecule has 2 nitrogen and oxygen atoms in total. The quantitative estimate of drug-likeness (QED) is 0.602. The van der Waals surface area contributed by atoms with Gasteiger partial charge in [-0.25, -0.2) is 0 Å². The molecule has 0 aliphatic carbocycles. The Bertz CT molecular complexity index is 291. The summed E-state index contributed by atoms with van der Waals surface area (Å²) in [6.45, 7) is 2.02. The number of hydrogen-bond acceptors (Lipinski definition) is 2. The van der Waals surface area contributed by atoms with E-state index < -0.39 is 0 Å². The van der Waals surface area contributed by atoms with Gasteiger partial charge in [-0.1, -0.05) is 6.92 Å². The molecule has 0 aliphatic rings. The van der Waals surface area contributed by atoms with Crippen molar-refractivity contribution < 1.29 is 4.42 Å². The van der Waals surface area contributed by atoms with E-state index in [9.17, 15) is 0 Å². The number of allylic oxidation sites excluding steroid dienone is 1. The standard InChI is InChI=1S/C9H9NO/c1-2-8-5-6-9(11-8)4-3-7-10/h3-6H,2H2,1H3. The first-order chi connectivity index (χ1) is 5.36. The second kappa shape index (κ2) is 3.62. The van der Waals surface area contributed by atoms with E-state index in [1.807, 2.05) is 25.1 Å². The minimum Gasteiger partial charge on any atom is -0.462 e. The van der Waals surface area contributed by atoms with Crippen molar-refractivity contribution in [2.24, 2.45) is 0 Å². The molecule has 0 bridgehead atoms. The molecule has 0 unspecified atom stereocenters. The Labute approximate surface area is 65.8 Å². The Morgan fingerprint density at radius 1 is 1.64 bits per heavy atom. The normalized spacial score (nSPS) is 10.2. The lowest BCUT2D eigenvalue weighted by atomic mass is 10.3. The lowest BCUT2D eigenvalue weighted by molar-refractivity contribution is 0.507. The van der Waals surface area contributed by atoms with Gasteiger partial charge in [-0.3, -0.25) is 0 Å². The topological polar surface area (TPSA) is 36.9 Å². The van der Waals surface area contributed by atoms with Gasteiger partial charge in [0.2, 0.25) is 0 Å². The van der Waals surface area contributed by atoms with Gasteiger partial charge >= 0.3 is 0 Å². The molecule has 0 fully saturated rings. The Hall–Kier alpha value is -1.49. The molecular formula is C9H9NO. The molecule has 0 aromatic carbocycles. The molecule has 0 N–H and O–H groups in total. The van der Waals surface area contributed by atoms with E-state index in [1.54, 1.807) is 6.08 Å². The van der Waals surface area contributed by atoms with Crippen LogP contribution in [0.2, 0.25) is 0 Å². The first-order valence-electron chi connectivity index (χ1n) is 3.51. The predicted molar refractivity (Wildman–Crippen MR) is 42.7 cm³/mol. The highest BCUT2D eigenvalue weighted by Crippen LogP contribution is 2.09. The second-order valence-electron chi connectivity index (χ2n) is 2.12. The largest absolute Gasteiger partial charge is 0.462 e. The lowest BCUT2D eigenvalue weighted by Gasteiger charge is -1.84. The predicted octanol–water partition coefficient (Wildman–Crippen LogP) is 2.38. The molecular weight excluding hydrogens is 138 g/mol. The van der Waals surface area contributed by atoms with E-state index >= 15 is 0 Å². The monoisotopic (exact) mass is 147 g/mol. The highest BCUT2D eigenvalue weighted by molar-refractivity contribution is 5.46. The van der Waals surface area contributed by atoms with Gasteiger partial charge in [-0.2, -0.15) is 5.26 Å². The van der Waals surface area contributed by atoms with Crippen LogP contribution in [0.25, 0.3) is 6.08 Å². The summed E-state index contributed by atoms with van der Waals surface area (Å²) < 4.78 is 5.30. The summed E-state index contributed by atoms with van der Waals surface area (Å²) in [5, 5.41) is 8.21. The summed E-state index contributed by atoms with van der Waals surface area (Å²) >= 11 is 0. The van der Waals surface area contributed by atoms with Crippen molar-refractivity contribution in [3.63, 3.8) is 0 Å². The molecule has 1 aromatic heterocycles. The molecule has 1 aromatic rings. The zero-order chi connectivity index (χ0) is 8.10. The van der Waals surface area contributed by atoms with Crippen molar-refractivity contribution in [2.45, 2.75) is 13.3 Å². The second-order valence-corrected chi connectivity index (χ2v) is 2.12. The van der Waals surface area contributed by atoms with Crippen LogP contribution in [0.4, 0.5) is 0 Å². The third-order valence-corrected chi connectivity index (χ3v) is 1.35. The van der Waals surface area contributed by atoms with Crippen LogP contribution < -0.4 is 0 Å². The maximum absolute atomic E-state index is 8.21. The van der Waals surface area contributed by atoms with Crippen molar-refractivity contribution in [2.75, 3.05) is 0 Å². The van der Waals surface area contributed by atoms with E-state index in [0.717, 1.165) is 17.9 Å². The van der Waals surface area contributed by atoms with E-state index in [0.29, 0.717) is 0 Å². The Morgan fingerprint density at radius 3 is 3.00 bits per heavy atom. The summed E-state index contributed by atoms with van der Waals surface area (Å²) in [7, 11) is 0. The van der Waals surface area contributed by atoms with Gasteiger partial charge in [-0.15, -0.1) is 0 Å². The van der Waals surface area contributed by atoms with Crippen molar-refractivity contribution in [3.05, 3.63) is 29.7 Å². The Balaban J connectivity index is 2.74. The van der Waals surface area contributed by atoms with Gasteiger partial charge in [0, 0.05) is 12.5 Å². The van der Waals surface area contributed by atoms with Crippen LogP contribution >= 0.6 is 0 Å². The minimum absolute atomic E-state index is 0.739. The van der Waals surface area contributed by atoms with Gasteiger partial charge < -0.3 is 4.42 Å². The maximum Gasteiger partial charge on any atom is 0.127 e. The fourth-order valence-corrected chi connectivity index (χ4v) is 0.793. The summed E-state index contributed by atoms with van der Waals surface area (Å²) in [5.74, 6) is 1.69.